The molecular weight excluding hydrogens is 372 g/mol. The van der Waals surface area contributed by atoms with Crippen molar-refractivity contribution in [1.82, 2.24) is 14.8 Å². The molecule has 0 aliphatic heterocycles. The van der Waals surface area contributed by atoms with Gasteiger partial charge in [0.15, 0.2) is 11.0 Å². The summed E-state index contributed by atoms with van der Waals surface area (Å²) in [7, 11) is 1.38. The fourth-order valence-electron chi connectivity index (χ4n) is 2.95. The molecule has 0 saturated carbocycles. The lowest BCUT2D eigenvalue weighted by molar-refractivity contribution is -0.137. The van der Waals surface area contributed by atoms with Crippen LogP contribution in [0.1, 0.15) is 13.8 Å². The van der Waals surface area contributed by atoms with E-state index < -0.39 is 0 Å². The minimum Gasteiger partial charge on any atom is -0.468 e. The van der Waals surface area contributed by atoms with Crippen LogP contribution in [0.4, 0.5) is 5.69 Å². The molecule has 0 unspecified atom stereocenters. The largest absolute Gasteiger partial charge is 0.468 e. The molecular formula is C21H24N4O2S. The van der Waals surface area contributed by atoms with Crippen molar-refractivity contribution in [3.63, 3.8) is 0 Å². The first-order chi connectivity index (χ1) is 13.7. The molecule has 3 rings (SSSR count). The predicted octanol–water partition coefficient (Wildman–Crippen LogP) is 4.05. The molecule has 0 saturated heterocycles. The van der Waals surface area contributed by atoms with Gasteiger partial charge in [0.2, 0.25) is 0 Å². The SMILES string of the molecule is CCN(CC)c1ccc(-c2nnc(SCC(=O)OC)n2-c2ccccc2)cc1. The van der Waals surface area contributed by atoms with Crippen LogP contribution in [0.5, 0.6) is 0 Å². The van der Waals surface area contributed by atoms with Crippen molar-refractivity contribution in [2.24, 2.45) is 0 Å². The van der Waals surface area contributed by atoms with E-state index in [0.717, 1.165) is 30.2 Å². The highest BCUT2D eigenvalue weighted by Crippen LogP contribution is 2.29. The van der Waals surface area contributed by atoms with Gasteiger partial charge in [0, 0.05) is 30.0 Å². The number of carbonyl (C=O) groups is 1. The van der Waals surface area contributed by atoms with Gasteiger partial charge in [-0.15, -0.1) is 10.2 Å². The fraction of sp³-hybridized carbons (Fsp3) is 0.286. The molecule has 0 spiro atoms. The van der Waals surface area contributed by atoms with Crippen LogP contribution in [0.3, 0.4) is 0 Å². The second-order valence-electron chi connectivity index (χ2n) is 6.06. The number of rotatable bonds is 8. The van der Waals surface area contributed by atoms with Crippen LogP contribution in [0, 0.1) is 0 Å². The smallest absolute Gasteiger partial charge is 0.316 e. The van der Waals surface area contributed by atoms with Crippen LogP contribution < -0.4 is 4.90 Å². The molecule has 28 heavy (non-hydrogen) atoms. The summed E-state index contributed by atoms with van der Waals surface area (Å²) in [5, 5.41) is 9.38. The lowest BCUT2D eigenvalue weighted by Crippen LogP contribution is -2.21. The summed E-state index contributed by atoms with van der Waals surface area (Å²) in [6.45, 7) is 6.22. The van der Waals surface area contributed by atoms with E-state index in [1.165, 1.54) is 24.6 Å². The van der Waals surface area contributed by atoms with Crippen LogP contribution in [-0.4, -0.2) is 46.7 Å². The molecule has 0 N–H and O–H groups in total. The second-order valence-corrected chi connectivity index (χ2v) is 7.00. The summed E-state index contributed by atoms with van der Waals surface area (Å²) < 4.78 is 6.72. The molecule has 0 atom stereocenters. The van der Waals surface area contributed by atoms with Crippen molar-refractivity contribution < 1.29 is 9.53 Å². The Morgan fingerprint density at radius 2 is 1.71 bits per heavy atom. The summed E-state index contributed by atoms with van der Waals surface area (Å²) in [5.41, 5.74) is 3.10. The highest BCUT2D eigenvalue weighted by atomic mass is 32.2. The maximum atomic E-state index is 11.6. The number of hydrogen-bond acceptors (Lipinski definition) is 6. The van der Waals surface area contributed by atoms with Crippen LogP contribution in [-0.2, 0) is 9.53 Å². The summed E-state index contributed by atoms with van der Waals surface area (Å²) in [4.78, 5) is 13.9. The molecule has 6 nitrogen and oxygen atoms in total. The minimum atomic E-state index is -0.294. The van der Waals surface area contributed by atoms with Gasteiger partial charge in [0.05, 0.1) is 12.9 Å². The van der Waals surface area contributed by atoms with Gasteiger partial charge in [-0.1, -0.05) is 30.0 Å². The standard InChI is InChI=1S/C21H24N4O2S/c1-4-24(5-2)17-13-11-16(12-14-17)20-22-23-21(28-15-19(26)27-3)25(20)18-9-7-6-8-10-18/h6-14H,4-5,15H2,1-3H3. The molecule has 1 aromatic heterocycles. The summed E-state index contributed by atoms with van der Waals surface area (Å²) >= 11 is 1.31. The van der Waals surface area contributed by atoms with Gasteiger partial charge in [-0.3, -0.25) is 9.36 Å². The molecule has 146 valence electrons. The number of carbonyl (C=O) groups excluding carboxylic acids is 1. The zero-order valence-electron chi connectivity index (χ0n) is 16.3. The lowest BCUT2D eigenvalue weighted by Gasteiger charge is -2.21. The number of para-hydroxylation sites is 1. The van der Waals surface area contributed by atoms with E-state index in [-0.39, 0.29) is 11.7 Å². The van der Waals surface area contributed by atoms with Crippen molar-refractivity contribution in [3.05, 3.63) is 54.6 Å². The third-order valence-electron chi connectivity index (χ3n) is 4.45. The maximum absolute atomic E-state index is 11.6. The van der Waals surface area contributed by atoms with Crippen LogP contribution in [0.25, 0.3) is 17.1 Å². The molecule has 0 aliphatic rings. The summed E-state index contributed by atoms with van der Waals surface area (Å²) in [6.07, 6.45) is 0. The van der Waals surface area contributed by atoms with E-state index in [4.69, 9.17) is 4.74 Å². The van der Waals surface area contributed by atoms with E-state index in [0.29, 0.717) is 5.16 Å². The monoisotopic (exact) mass is 396 g/mol. The number of nitrogens with zero attached hydrogens (tertiary/aromatic N) is 4. The Hall–Kier alpha value is -2.80. The number of ether oxygens (including phenoxy) is 1. The van der Waals surface area contributed by atoms with Crippen LogP contribution >= 0.6 is 11.8 Å². The Balaban J connectivity index is 1.99. The third-order valence-corrected chi connectivity index (χ3v) is 5.35. The number of thioether (sulfide) groups is 1. The summed E-state index contributed by atoms with van der Waals surface area (Å²) in [6, 6.07) is 18.2. The van der Waals surface area contributed by atoms with Crippen LogP contribution in [0.15, 0.2) is 59.8 Å². The first-order valence-corrected chi connectivity index (χ1v) is 10.2. The number of benzene rings is 2. The zero-order valence-corrected chi connectivity index (χ0v) is 17.1. The quantitative estimate of drug-likeness (QED) is 0.423. The van der Waals surface area contributed by atoms with Gasteiger partial charge in [-0.2, -0.15) is 0 Å². The predicted molar refractivity (Wildman–Crippen MR) is 113 cm³/mol. The molecule has 3 aromatic rings. The van der Waals surface area contributed by atoms with Crippen molar-refractivity contribution in [2.75, 3.05) is 30.9 Å². The maximum Gasteiger partial charge on any atom is 0.316 e. The Kier molecular flexibility index (Phi) is 6.71. The number of hydrogen-bond donors (Lipinski definition) is 0. The van der Waals surface area contributed by atoms with E-state index in [1.807, 2.05) is 34.9 Å². The highest BCUT2D eigenvalue weighted by Gasteiger charge is 2.17. The lowest BCUT2D eigenvalue weighted by atomic mass is 10.1. The van der Waals surface area contributed by atoms with Crippen molar-refractivity contribution in [1.29, 1.82) is 0 Å². The average molecular weight is 397 g/mol. The van der Waals surface area contributed by atoms with E-state index in [1.54, 1.807) is 0 Å². The van der Waals surface area contributed by atoms with Gasteiger partial charge in [0.25, 0.3) is 0 Å². The highest BCUT2D eigenvalue weighted by molar-refractivity contribution is 7.99. The van der Waals surface area contributed by atoms with E-state index in [9.17, 15) is 4.79 Å². The van der Waals surface area contributed by atoms with Gasteiger partial charge in [-0.25, -0.2) is 0 Å². The molecule has 7 heteroatoms. The Labute approximate surface area is 169 Å². The average Bonchev–Trinajstić information content (AvgIpc) is 3.18. The first-order valence-electron chi connectivity index (χ1n) is 9.23. The minimum absolute atomic E-state index is 0.183. The second kappa shape index (κ2) is 9.41. The molecule has 0 amide bonds. The third kappa shape index (κ3) is 4.36. The zero-order chi connectivity index (χ0) is 19.9. The number of esters is 1. The fourth-order valence-corrected chi connectivity index (χ4v) is 3.74. The molecule has 2 aromatic carbocycles. The van der Waals surface area contributed by atoms with Crippen molar-refractivity contribution in [2.45, 2.75) is 19.0 Å². The molecule has 0 fully saturated rings. The van der Waals surface area contributed by atoms with Gasteiger partial charge < -0.3 is 9.64 Å². The Morgan fingerprint density at radius 3 is 2.32 bits per heavy atom. The van der Waals surface area contributed by atoms with Crippen molar-refractivity contribution in [3.8, 4) is 17.1 Å². The molecule has 0 radical (unpaired) electrons. The van der Waals surface area contributed by atoms with Gasteiger partial charge in [0.1, 0.15) is 0 Å². The molecule has 1 heterocycles. The van der Waals surface area contributed by atoms with E-state index in [2.05, 4.69) is 53.2 Å². The van der Waals surface area contributed by atoms with Gasteiger partial charge >= 0.3 is 5.97 Å². The normalized spacial score (nSPS) is 10.7. The van der Waals surface area contributed by atoms with Crippen LogP contribution in [0.2, 0.25) is 0 Å². The Bertz CT molecular complexity index is 906. The Morgan fingerprint density at radius 1 is 1.04 bits per heavy atom. The number of methoxy groups -OCH3 is 1. The van der Waals surface area contributed by atoms with E-state index >= 15 is 0 Å². The molecule has 0 bridgehead atoms. The number of aromatic nitrogens is 3. The number of anilines is 1. The topological polar surface area (TPSA) is 60.3 Å². The first kappa shape index (κ1) is 19.9. The van der Waals surface area contributed by atoms with Crippen molar-refractivity contribution >= 4 is 23.4 Å². The van der Waals surface area contributed by atoms with Gasteiger partial charge in [-0.05, 0) is 50.2 Å². The summed E-state index contributed by atoms with van der Waals surface area (Å²) in [5.74, 6) is 0.630. The molecule has 0 aliphatic carbocycles.